The maximum absolute atomic E-state index is 5.69. The number of aromatic nitrogens is 2. The minimum atomic E-state index is 0.376. The van der Waals surface area contributed by atoms with E-state index in [1.54, 1.807) is 18.5 Å². The molecule has 0 fully saturated rings. The molecule has 0 saturated carbocycles. The lowest BCUT2D eigenvalue weighted by Gasteiger charge is -2.05. The van der Waals surface area contributed by atoms with Crippen LogP contribution in [-0.4, -0.2) is 9.97 Å². The summed E-state index contributed by atoms with van der Waals surface area (Å²) in [6.07, 6.45) is 3.39. The fourth-order valence-electron chi connectivity index (χ4n) is 1.23. The van der Waals surface area contributed by atoms with Crippen LogP contribution in [0.25, 0.3) is 0 Å². The first-order valence-electron chi connectivity index (χ1n) is 4.92. The molecule has 3 nitrogen and oxygen atoms in total. The molecule has 1 heterocycles. The molecule has 0 unspecified atom stereocenters. The molecule has 4 heteroatoms. The molecule has 0 aliphatic carbocycles. The van der Waals surface area contributed by atoms with Crippen molar-refractivity contribution in [2.75, 3.05) is 0 Å². The highest BCUT2D eigenvalue weighted by Gasteiger charge is 1.97. The zero-order chi connectivity index (χ0) is 11.2. The van der Waals surface area contributed by atoms with Gasteiger partial charge in [-0.05, 0) is 23.8 Å². The van der Waals surface area contributed by atoms with Crippen molar-refractivity contribution in [1.29, 1.82) is 0 Å². The molecule has 0 radical (unpaired) electrons. The van der Waals surface area contributed by atoms with Crippen LogP contribution in [0.4, 0.5) is 0 Å². The summed E-state index contributed by atoms with van der Waals surface area (Å²) < 4.78 is 5.52. The summed E-state index contributed by atoms with van der Waals surface area (Å²) in [4.78, 5) is 8.14. The van der Waals surface area contributed by atoms with Crippen molar-refractivity contribution in [3.63, 3.8) is 0 Å². The van der Waals surface area contributed by atoms with E-state index in [-0.39, 0.29) is 0 Å². The van der Waals surface area contributed by atoms with Crippen molar-refractivity contribution < 1.29 is 4.74 Å². The van der Waals surface area contributed by atoms with Gasteiger partial charge in [-0.15, -0.1) is 11.6 Å². The maximum Gasteiger partial charge on any atom is 0.166 e. The smallest absolute Gasteiger partial charge is 0.166 e. The standard InChI is InChI=1S/C12H11ClN2O/c13-8-10-2-4-11(5-3-10)16-9-12-14-6-1-7-15-12/h1-7H,8-9H2. The largest absolute Gasteiger partial charge is 0.486 e. The Bertz CT molecular complexity index is 431. The fourth-order valence-corrected chi connectivity index (χ4v) is 1.41. The SMILES string of the molecule is ClCc1ccc(OCc2ncccn2)cc1. The van der Waals surface area contributed by atoms with Crippen LogP contribution >= 0.6 is 11.6 Å². The van der Waals surface area contributed by atoms with E-state index < -0.39 is 0 Å². The second kappa shape index (κ2) is 5.47. The molecule has 2 rings (SSSR count). The molecular weight excluding hydrogens is 224 g/mol. The third kappa shape index (κ3) is 2.94. The maximum atomic E-state index is 5.69. The minimum absolute atomic E-state index is 0.376. The van der Waals surface area contributed by atoms with Crippen LogP contribution in [0.1, 0.15) is 11.4 Å². The Balaban J connectivity index is 1.94. The van der Waals surface area contributed by atoms with Gasteiger partial charge in [0.15, 0.2) is 5.82 Å². The summed E-state index contributed by atoms with van der Waals surface area (Å²) in [5.41, 5.74) is 1.07. The number of rotatable bonds is 4. The van der Waals surface area contributed by atoms with Gasteiger partial charge >= 0.3 is 0 Å². The second-order valence-corrected chi connectivity index (χ2v) is 3.50. The normalized spacial score (nSPS) is 10.1. The van der Waals surface area contributed by atoms with Gasteiger partial charge in [-0.25, -0.2) is 9.97 Å². The Kier molecular flexibility index (Phi) is 3.72. The summed E-state index contributed by atoms with van der Waals surface area (Å²) in [5, 5.41) is 0. The van der Waals surface area contributed by atoms with Gasteiger partial charge in [0, 0.05) is 18.3 Å². The Morgan fingerprint density at radius 1 is 1.06 bits per heavy atom. The van der Waals surface area contributed by atoms with Crippen LogP contribution in [0.2, 0.25) is 0 Å². The van der Waals surface area contributed by atoms with Crippen molar-refractivity contribution in [1.82, 2.24) is 9.97 Å². The van der Waals surface area contributed by atoms with Crippen molar-refractivity contribution >= 4 is 11.6 Å². The molecule has 1 aromatic heterocycles. The van der Waals surface area contributed by atoms with Gasteiger partial charge in [0.2, 0.25) is 0 Å². The van der Waals surface area contributed by atoms with Crippen molar-refractivity contribution in [2.45, 2.75) is 12.5 Å². The number of alkyl halides is 1. The lowest BCUT2D eigenvalue weighted by atomic mass is 10.2. The van der Waals surface area contributed by atoms with E-state index in [2.05, 4.69) is 9.97 Å². The van der Waals surface area contributed by atoms with Gasteiger partial charge in [0.25, 0.3) is 0 Å². The summed E-state index contributed by atoms with van der Waals surface area (Å²) in [5.74, 6) is 1.98. The third-order valence-electron chi connectivity index (χ3n) is 2.06. The number of benzene rings is 1. The molecule has 2 aromatic rings. The highest BCUT2D eigenvalue weighted by Crippen LogP contribution is 2.14. The van der Waals surface area contributed by atoms with Crippen molar-refractivity contribution in [3.8, 4) is 5.75 Å². The van der Waals surface area contributed by atoms with E-state index in [4.69, 9.17) is 16.3 Å². The first kappa shape index (κ1) is 10.9. The Morgan fingerprint density at radius 3 is 2.38 bits per heavy atom. The van der Waals surface area contributed by atoms with Crippen LogP contribution < -0.4 is 4.74 Å². The Labute approximate surface area is 99.1 Å². The average molecular weight is 235 g/mol. The highest BCUT2D eigenvalue weighted by molar-refractivity contribution is 6.17. The molecule has 0 spiro atoms. The number of hydrogen-bond acceptors (Lipinski definition) is 3. The molecular formula is C12H11ClN2O. The monoisotopic (exact) mass is 234 g/mol. The summed E-state index contributed by atoms with van der Waals surface area (Å²) >= 11 is 5.69. The van der Waals surface area contributed by atoms with Crippen LogP contribution in [0.3, 0.4) is 0 Å². The van der Waals surface area contributed by atoms with Crippen LogP contribution in [0, 0.1) is 0 Å². The summed E-state index contributed by atoms with van der Waals surface area (Å²) in [7, 11) is 0. The molecule has 0 bridgehead atoms. The molecule has 0 atom stereocenters. The van der Waals surface area contributed by atoms with Crippen molar-refractivity contribution in [2.24, 2.45) is 0 Å². The van der Waals surface area contributed by atoms with Gasteiger partial charge in [-0.2, -0.15) is 0 Å². The number of hydrogen-bond donors (Lipinski definition) is 0. The zero-order valence-corrected chi connectivity index (χ0v) is 9.39. The van der Waals surface area contributed by atoms with E-state index >= 15 is 0 Å². The third-order valence-corrected chi connectivity index (χ3v) is 2.37. The molecule has 0 N–H and O–H groups in total. The van der Waals surface area contributed by atoms with Gasteiger partial charge in [0.05, 0.1) is 0 Å². The first-order valence-corrected chi connectivity index (χ1v) is 5.45. The number of halogens is 1. The van der Waals surface area contributed by atoms with Crippen molar-refractivity contribution in [3.05, 3.63) is 54.1 Å². The van der Waals surface area contributed by atoms with E-state index in [9.17, 15) is 0 Å². The lowest BCUT2D eigenvalue weighted by Crippen LogP contribution is -2.00. The quantitative estimate of drug-likeness (QED) is 0.763. The molecule has 0 saturated heterocycles. The van der Waals surface area contributed by atoms with E-state index in [1.165, 1.54) is 0 Å². The molecule has 0 amide bonds. The average Bonchev–Trinajstić information content (AvgIpc) is 2.38. The minimum Gasteiger partial charge on any atom is -0.486 e. The summed E-state index contributed by atoms with van der Waals surface area (Å²) in [6, 6.07) is 9.43. The lowest BCUT2D eigenvalue weighted by molar-refractivity contribution is 0.295. The van der Waals surface area contributed by atoms with Gasteiger partial charge in [0.1, 0.15) is 12.4 Å². The van der Waals surface area contributed by atoms with Crippen LogP contribution in [0.5, 0.6) is 5.75 Å². The zero-order valence-electron chi connectivity index (χ0n) is 8.64. The molecule has 82 valence electrons. The second-order valence-electron chi connectivity index (χ2n) is 3.23. The van der Waals surface area contributed by atoms with Gasteiger partial charge in [-0.1, -0.05) is 12.1 Å². The number of ether oxygens (including phenoxy) is 1. The van der Waals surface area contributed by atoms with E-state index in [1.807, 2.05) is 24.3 Å². The first-order chi connectivity index (χ1) is 7.88. The topological polar surface area (TPSA) is 35.0 Å². The Morgan fingerprint density at radius 2 is 1.75 bits per heavy atom. The molecule has 1 aromatic carbocycles. The molecule has 0 aliphatic heterocycles. The van der Waals surface area contributed by atoms with E-state index in [0.717, 1.165) is 11.3 Å². The molecule has 0 aliphatic rings. The number of nitrogens with zero attached hydrogens (tertiary/aromatic N) is 2. The predicted octanol–water partition coefficient (Wildman–Crippen LogP) is 2.79. The fraction of sp³-hybridized carbons (Fsp3) is 0.167. The summed E-state index contributed by atoms with van der Waals surface area (Å²) in [6.45, 7) is 0.376. The van der Waals surface area contributed by atoms with Crippen LogP contribution in [0.15, 0.2) is 42.7 Å². The van der Waals surface area contributed by atoms with Gasteiger partial charge < -0.3 is 4.74 Å². The predicted molar refractivity (Wildman–Crippen MR) is 62.4 cm³/mol. The van der Waals surface area contributed by atoms with Gasteiger partial charge in [-0.3, -0.25) is 0 Å². The van der Waals surface area contributed by atoms with Crippen LogP contribution in [-0.2, 0) is 12.5 Å². The molecule has 16 heavy (non-hydrogen) atoms. The Hall–Kier alpha value is -1.61. The van der Waals surface area contributed by atoms with E-state index in [0.29, 0.717) is 18.3 Å². The highest BCUT2D eigenvalue weighted by atomic mass is 35.5.